The molecule has 0 saturated carbocycles. The molecule has 1 aromatic rings. The topological polar surface area (TPSA) is 67.2 Å². The van der Waals surface area contributed by atoms with Gasteiger partial charge in [0.25, 0.3) is 0 Å². The van der Waals surface area contributed by atoms with Gasteiger partial charge in [-0.3, -0.25) is 9.48 Å². The van der Waals surface area contributed by atoms with Crippen molar-refractivity contribution in [2.45, 2.75) is 13.3 Å². The van der Waals surface area contributed by atoms with Crippen molar-refractivity contribution in [2.24, 2.45) is 13.0 Å². The van der Waals surface area contributed by atoms with Crippen LogP contribution in [0.15, 0.2) is 12.4 Å². The van der Waals surface area contributed by atoms with Crippen LogP contribution in [0.4, 0.5) is 0 Å². The van der Waals surface area contributed by atoms with E-state index in [1.807, 2.05) is 19.4 Å². The van der Waals surface area contributed by atoms with E-state index in [4.69, 9.17) is 5.11 Å². The third-order valence-electron chi connectivity index (χ3n) is 2.22. The van der Waals surface area contributed by atoms with Crippen LogP contribution in [0.3, 0.4) is 0 Å². The number of aliphatic carboxylic acids is 1. The van der Waals surface area contributed by atoms with E-state index in [9.17, 15) is 4.79 Å². The minimum absolute atomic E-state index is 0.334. The number of hydrogen-bond donors (Lipinski definition) is 2. The van der Waals surface area contributed by atoms with Gasteiger partial charge < -0.3 is 10.4 Å². The molecule has 0 aliphatic carbocycles. The summed E-state index contributed by atoms with van der Waals surface area (Å²) in [6, 6.07) is 0. The van der Waals surface area contributed by atoms with E-state index in [0.717, 1.165) is 18.5 Å². The highest BCUT2D eigenvalue weighted by molar-refractivity contribution is 5.69. The first-order valence-electron chi connectivity index (χ1n) is 5.00. The first-order chi connectivity index (χ1) is 7.09. The smallest absolute Gasteiger partial charge is 0.307 e. The van der Waals surface area contributed by atoms with Gasteiger partial charge in [0.15, 0.2) is 0 Å². The molecule has 5 heteroatoms. The monoisotopic (exact) mass is 211 g/mol. The van der Waals surface area contributed by atoms with E-state index in [2.05, 4.69) is 10.4 Å². The summed E-state index contributed by atoms with van der Waals surface area (Å²) in [5.74, 6) is -1.09. The Labute approximate surface area is 89.1 Å². The lowest BCUT2D eigenvalue weighted by molar-refractivity contribution is -0.140. The number of aryl methyl sites for hydroxylation is 1. The summed E-state index contributed by atoms with van der Waals surface area (Å²) in [7, 11) is 1.88. The number of carboxylic acid groups (broad SMARTS) is 1. The fourth-order valence-electron chi connectivity index (χ4n) is 1.24. The van der Waals surface area contributed by atoms with Crippen LogP contribution in [0.5, 0.6) is 0 Å². The zero-order valence-corrected chi connectivity index (χ0v) is 9.10. The largest absolute Gasteiger partial charge is 0.481 e. The molecule has 0 fully saturated rings. The SMILES string of the molecule is CC(CNCCc1cnn(C)c1)C(=O)O. The lowest BCUT2D eigenvalue weighted by Crippen LogP contribution is -2.27. The van der Waals surface area contributed by atoms with Crippen LogP contribution in [-0.4, -0.2) is 33.9 Å². The second-order valence-corrected chi connectivity index (χ2v) is 3.72. The first kappa shape index (κ1) is 11.7. The van der Waals surface area contributed by atoms with E-state index in [1.165, 1.54) is 0 Å². The molecule has 0 aliphatic rings. The second kappa shape index (κ2) is 5.50. The number of nitrogens with zero attached hydrogens (tertiary/aromatic N) is 2. The fraction of sp³-hybridized carbons (Fsp3) is 0.600. The van der Waals surface area contributed by atoms with Crippen LogP contribution in [0.25, 0.3) is 0 Å². The fourth-order valence-corrected chi connectivity index (χ4v) is 1.24. The first-order valence-corrected chi connectivity index (χ1v) is 5.00. The molecule has 1 atom stereocenters. The van der Waals surface area contributed by atoms with Gasteiger partial charge in [0.05, 0.1) is 12.1 Å². The highest BCUT2D eigenvalue weighted by Crippen LogP contribution is 1.97. The average molecular weight is 211 g/mol. The molecule has 0 aromatic carbocycles. The molecule has 84 valence electrons. The molecule has 0 bridgehead atoms. The van der Waals surface area contributed by atoms with E-state index in [1.54, 1.807) is 11.6 Å². The van der Waals surface area contributed by atoms with Gasteiger partial charge in [-0.1, -0.05) is 6.92 Å². The van der Waals surface area contributed by atoms with E-state index in [0.29, 0.717) is 6.54 Å². The summed E-state index contributed by atoms with van der Waals surface area (Å²) in [6.45, 7) is 2.98. The molecule has 15 heavy (non-hydrogen) atoms. The summed E-state index contributed by atoms with van der Waals surface area (Å²) in [5, 5.41) is 15.8. The van der Waals surface area contributed by atoms with Gasteiger partial charge >= 0.3 is 5.97 Å². The summed E-state index contributed by atoms with van der Waals surface area (Å²) >= 11 is 0. The Morgan fingerprint density at radius 1 is 1.73 bits per heavy atom. The van der Waals surface area contributed by atoms with Crippen molar-refractivity contribution in [2.75, 3.05) is 13.1 Å². The van der Waals surface area contributed by atoms with Gasteiger partial charge in [0, 0.05) is 19.8 Å². The maximum atomic E-state index is 10.5. The normalized spacial score (nSPS) is 12.7. The van der Waals surface area contributed by atoms with Crippen molar-refractivity contribution in [3.05, 3.63) is 18.0 Å². The van der Waals surface area contributed by atoms with E-state index < -0.39 is 5.97 Å². The minimum atomic E-state index is -0.760. The molecule has 0 saturated heterocycles. The number of aromatic nitrogens is 2. The van der Waals surface area contributed by atoms with Crippen molar-refractivity contribution in [1.82, 2.24) is 15.1 Å². The third kappa shape index (κ3) is 4.12. The Balaban J connectivity index is 2.14. The Bertz CT molecular complexity index is 322. The Morgan fingerprint density at radius 3 is 3.00 bits per heavy atom. The molecule has 1 aromatic heterocycles. The van der Waals surface area contributed by atoms with Crippen LogP contribution >= 0.6 is 0 Å². The second-order valence-electron chi connectivity index (χ2n) is 3.72. The van der Waals surface area contributed by atoms with Gasteiger partial charge in [-0.15, -0.1) is 0 Å². The molecule has 1 heterocycles. The highest BCUT2D eigenvalue weighted by Gasteiger charge is 2.09. The number of rotatable bonds is 6. The highest BCUT2D eigenvalue weighted by atomic mass is 16.4. The van der Waals surface area contributed by atoms with Gasteiger partial charge in [0.2, 0.25) is 0 Å². The van der Waals surface area contributed by atoms with Crippen molar-refractivity contribution >= 4 is 5.97 Å². The number of carbonyl (C=O) groups is 1. The van der Waals surface area contributed by atoms with Gasteiger partial charge in [0.1, 0.15) is 0 Å². The number of hydrogen-bond acceptors (Lipinski definition) is 3. The molecule has 1 unspecified atom stereocenters. The van der Waals surface area contributed by atoms with Gasteiger partial charge in [-0.2, -0.15) is 5.10 Å². The van der Waals surface area contributed by atoms with E-state index in [-0.39, 0.29) is 5.92 Å². The lowest BCUT2D eigenvalue weighted by atomic mass is 10.2. The molecular weight excluding hydrogens is 194 g/mol. The maximum absolute atomic E-state index is 10.5. The summed E-state index contributed by atoms with van der Waals surface area (Å²) < 4.78 is 1.76. The zero-order valence-electron chi connectivity index (χ0n) is 9.10. The Morgan fingerprint density at radius 2 is 2.47 bits per heavy atom. The van der Waals surface area contributed by atoms with Crippen LogP contribution in [0, 0.1) is 5.92 Å². The summed E-state index contributed by atoms with van der Waals surface area (Å²) in [5.41, 5.74) is 1.16. The molecule has 2 N–H and O–H groups in total. The molecule has 0 aliphatic heterocycles. The molecule has 0 radical (unpaired) electrons. The Hall–Kier alpha value is -1.36. The molecule has 0 amide bonds. The van der Waals surface area contributed by atoms with Crippen LogP contribution in [0.1, 0.15) is 12.5 Å². The minimum Gasteiger partial charge on any atom is -0.481 e. The van der Waals surface area contributed by atoms with Crippen molar-refractivity contribution in [3.63, 3.8) is 0 Å². The molecule has 1 rings (SSSR count). The third-order valence-corrected chi connectivity index (χ3v) is 2.22. The molecular formula is C10H17N3O2. The number of nitrogens with one attached hydrogen (secondary N) is 1. The van der Waals surface area contributed by atoms with E-state index >= 15 is 0 Å². The van der Waals surface area contributed by atoms with Crippen LogP contribution < -0.4 is 5.32 Å². The average Bonchev–Trinajstić information content (AvgIpc) is 2.58. The predicted octanol–water partition coefficient (Wildman–Crippen LogP) is 0.273. The zero-order chi connectivity index (χ0) is 11.3. The lowest BCUT2D eigenvalue weighted by Gasteiger charge is -2.06. The van der Waals surface area contributed by atoms with Crippen molar-refractivity contribution in [3.8, 4) is 0 Å². The van der Waals surface area contributed by atoms with Gasteiger partial charge in [-0.25, -0.2) is 0 Å². The molecule has 5 nitrogen and oxygen atoms in total. The number of carboxylic acids is 1. The molecule has 0 spiro atoms. The van der Waals surface area contributed by atoms with Crippen molar-refractivity contribution in [1.29, 1.82) is 0 Å². The van der Waals surface area contributed by atoms with Gasteiger partial charge in [-0.05, 0) is 18.5 Å². The standard InChI is InChI=1S/C10H17N3O2/c1-8(10(14)15)5-11-4-3-9-6-12-13(2)7-9/h6-8,11H,3-5H2,1-2H3,(H,14,15). The summed E-state index contributed by atoms with van der Waals surface area (Å²) in [6.07, 6.45) is 4.66. The maximum Gasteiger partial charge on any atom is 0.307 e. The van der Waals surface area contributed by atoms with Crippen LogP contribution in [0.2, 0.25) is 0 Å². The summed E-state index contributed by atoms with van der Waals surface area (Å²) in [4.78, 5) is 10.5. The quantitative estimate of drug-likeness (QED) is 0.663. The van der Waals surface area contributed by atoms with Crippen LogP contribution in [-0.2, 0) is 18.3 Å². The predicted molar refractivity (Wildman–Crippen MR) is 56.6 cm³/mol. The Kier molecular flexibility index (Phi) is 4.30. The van der Waals surface area contributed by atoms with Crippen molar-refractivity contribution < 1.29 is 9.90 Å².